The standard InChI is InChI=1S/C18H14ClNOS/c1-12-20-17(13-7-9-15(19)10-8-13)16(11-22-12)18(21)14-5-3-2-4-6-14/h2-11,17H,1H3. The van der Waals surface area contributed by atoms with Gasteiger partial charge in [0.25, 0.3) is 0 Å². The van der Waals surface area contributed by atoms with E-state index in [1.165, 1.54) is 11.8 Å². The molecule has 110 valence electrons. The average Bonchev–Trinajstić information content (AvgIpc) is 2.56. The first-order valence-electron chi connectivity index (χ1n) is 6.91. The number of benzene rings is 2. The summed E-state index contributed by atoms with van der Waals surface area (Å²) in [5.41, 5.74) is 2.35. The van der Waals surface area contributed by atoms with Crippen molar-refractivity contribution in [2.24, 2.45) is 4.99 Å². The summed E-state index contributed by atoms with van der Waals surface area (Å²) in [7, 11) is 0. The monoisotopic (exact) mass is 327 g/mol. The number of carbonyl (C=O) groups excluding carboxylic acids is 1. The molecular weight excluding hydrogens is 314 g/mol. The van der Waals surface area contributed by atoms with Gasteiger partial charge in [-0.05, 0) is 30.0 Å². The van der Waals surface area contributed by atoms with Crippen molar-refractivity contribution in [3.05, 3.63) is 81.7 Å². The number of rotatable bonds is 3. The molecule has 0 saturated carbocycles. The van der Waals surface area contributed by atoms with Gasteiger partial charge in [0.05, 0.1) is 5.04 Å². The minimum Gasteiger partial charge on any atom is -0.289 e. The molecule has 0 amide bonds. The van der Waals surface area contributed by atoms with Crippen molar-refractivity contribution in [1.29, 1.82) is 0 Å². The molecule has 3 rings (SSSR count). The van der Waals surface area contributed by atoms with E-state index in [0.717, 1.165) is 10.6 Å². The number of aliphatic imine (C=N–C) groups is 1. The summed E-state index contributed by atoms with van der Waals surface area (Å²) in [5, 5.41) is 3.54. The highest BCUT2D eigenvalue weighted by Crippen LogP contribution is 2.35. The third-order valence-electron chi connectivity index (χ3n) is 3.45. The highest BCUT2D eigenvalue weighted by atomic mass is 35.5. The van der Waals surface area contributed by atoms with Gasteiger partial charge in [-0.3, -0.25) is 9.79 Å². The number of hydrogen-bond acceptors (Lipinski definition) is 3. The van der Waals surface area contributed by atoms with Gasteiger partial charge < -0.3 is 0 Å². The molecule has 0 saturated heterocycles. The second-order valence-corrected chi connectivity index (χ2v) is 6.49. The zero-order chi connectivity index (χ0) is 15.5. The van der Waals surface area contributed by atoms with E-state index in [9.17, 15) is 4.79 Å². The first-order chi connectivity index (χ1) is 10.6. The molecule has 4 heteroatoms. The summed E-state index contributed by atoms with van der Waals surface area (Å²) in [6, 6.07) is 16.5. The third-order valence-corrected chi connectivity index (χ3v) is 4.52. The Hall–Kier alpha value is -1.84. The predicted molar refractivity (Wildman–Crippen MR) is 93.7 cm³/mol. The molecule has 2 aromatic carbocycles. The quantitative estimate of drug-likeness (QED) is 0.715. The van der Waals surface area contributed by atoms with Crippen LogP contribution in [-0.4, -0.2) is 10.8 Å². The molecule has 0 radical (unpaired) electrons. The Bertz CT molecular complexity index is 750. The number of Topliss-reactive ketones (excluding diaryl/α,β-unsaturated/α-hetero) is 1. The Morgan fingerprint density at radius 3 is 2.45 bits per heavy atom. The molecule has 1 aliphatic rings. The minimum absolute atomic E-state index is 0.0179. The summed E-state index contributed by atoms with van der Waals surface area (Å²) in [4.78, 5) is 17.4. The van der Waals surface area contributed by atoms with Crippen LogP contribution in [-0.2, 0) is 0 Å². The van der Waals surface area contributed by atoms with Crippen molar-refractivity contribution < 1.29 is 4.79 Å². The largest absolute Gasteiger partial charge is 0.289 e. The lowest BCUT2D eigenvalue weighted by atomic mass is 9.94. The van der Waals surface area contributed by atoms with E-state index < -0.39 is 0 Å². The van der Waals surface area contributed by atoms with Crippen molar-refractivity contribution in [2.75, 3.05) is 0 Å². The van der Waals surface area contributed by atoms with Crippen molar-refractivity contribution in [3.63, 3.8) is 0 Å². The lowest BCUT2D eigenvalue weighted by Crippen LogP contribution is -2.14. The van der Waals surface area contributed by atoms with Crippen LogP contribution >= 0.6 is 23.4 Å². The first kappa shape index (κ1) is 15.1. The van der Waals surface area contributed by atoms with Crippen LogP contribution in [0.15, 0.2) is 70.6 Å². The van der Waals surface area contributed by atoms with E-state index in [1.807, 2.05) is 66.9 Å². The highest BCUT2D eigenvalue weighted by Gasteiger charge is 2.26. The summed E-state index contributed by atoms with van der Waals surface area (Å²) >= 11 is 7.44. The molecule has 2 nitrogen and oxygen atoms in total. The Kier molecular flexibility index (Phi) is 4.46. The minimum atomic E-state index is -0.272. The topological polar surface area (TPSA) is 29.4 Å². The van der Waals surface area contributed by atoms with Crippen molar-refractivity contribution in [1.82, 2.24) is 0 Å². The van der Waals surface area contributed by atoms with Gasteiger partial charge >= 0.3 is 0 Å². The fourth-order valence-electron chi connectivity index (χ4n) is 2.33. The van der Waals surface area contributed by atoms with Crippen LogP contribution in [0, 0.1) is 0 Å². The van der Waals surface area contributed by atoms with Crippen LogP contribution in [0.25, 0.3) is 0 Å². The Labute approximate surface area is 138 Å². The molecule has 1 atom stereocenters. The second kappa shape index (κ2) is 6.51. The van der Waals surface area contributed by atoms with Crippen LogP contribution < -0.4 is 0 Å². The molecule has 0 bridgehead atoms. The smallest absolute Gasteiger partial charge is 0.192 e. The van der Waals surface area contributed by atoms with E-state index in [-0.39, 0.29) is 11.8 Å². The third kappa shape index (κ3) is 3.16. The lowest BCUT2D eigenvalue weighted by Gasteiger charge is -2.21. The summed E-state index contributed by atoms with van der Waals surface area (Å²) in [6.07, 6.45) is 0. The zero-order valence-electron chi connectivity index (χ0n) is 12.0. The highest BCUT2D eigenvalue weighted by molar-refractivity contribution is 8.16. The van der Waals surface area contributed by atoms with E-state index in [0.29, 0.717) is 16.2 Å². The van der Waals surface area contributed by atoms with Gasteiger partial charge in [0.15, 0.2) is 5.78 Å². The van der Waals surface area contributed by atoms with Gasteiger partial charge in [-0.15, -0.1) is 0 Å². The molecule has 1 unspecified atom stereocenters. The maximum Gasteiger partial charge on any atom is 0.192 e. The van der Waals surface area contributed by atoms with Gasteiger partial charge in [-0.1, -0.05) is 65.8 Å². The van der Waals surface area contributed by atoms with Gasteiger partial charge in [0, 0.05) is 16.2 Å². The number of halogens is 1. The Morgan fingerprint density at radius 1 is 1.09 bits per heavy atom. The number of nitrogens with zero attached hydrogens (tertiary/aromatic N) is 1. The molecule has 22 heavy (non-hydrogen) atoms. The molecule has 0 aromatic heterocycles. The Balaban J connectivity index is 1.98. The number of ketones is 1. The van der Waals surface area contributed by atoms with Crippen LogP contribution in [0.4, 0.5) is 0 Å². The van der Waals surface area contributed by atoms with Crippen molar-refractivity contribution in [3.8, 4) is 0 Å². The SMILES string of the molecule is CC1=NC(c2ccc(Cl)cc2)C(C(=O)c2ccccc2)=CS1. The molecular formula is C18H14ClNOS. The maximum absolute atomic E-state index is 12.8. The van der Waals surface area contributed by atoms with Gasteiger partial charge in [-0.2, -0.15) is 0 Å². The van der Waals surface area contributed by atoms with Gasteiger partial charge in [0.1, 0.15) is 6.04 Å². The van der Waals surface area contributed by atoms with Crippen LogP contribution in [0.3, 0.4) is 0 Å². The van der Waals surface area contributed by atoms with Crippen LogP contribution in [0.5, 0.6) is 0 Å². The summed E-state index contributed by atoms with van der Waals surface area (Å²) in [5.74, 6) is 0.0179. The maximum atomic E-state index is 12.8. The van der Waals surface area contributed by atoms with Crippen LogP contribution in [0.1, 0.15) is 28.9 Å². The first-order valence-corrected chi connectivity index (χ1v) is 8.17. The van der Waals surface area contributed by atoms with Crippen molar-refractivity contribution >= 4 is 34.2 Å². The zero-order valence-corrected chi connectivity index (χ0v) is 13.6. The molecule has 2 aromatic rings. The normalized spacial score (nSPS) is 17.6. The van der Waals surface area contributed by atoms with E-state index >= 15 is 0 Å². The lowest BCUT2D eigenvalue weighted by molar-refractivity contribution is 0.102. The van der Waals surface area contributed by atoms with E-state index in [4.69, 9.17) is 11.6 Å². The fourth-order valence-corrected chi connectivity index (χ4v) is 3.15. The summed E-state index contributed by atoms with van der Waals surface area (Å²) < 4.78 is 0. The molecule has 0 N–H and O–H groups in total. The Morgan fingerprint density at radius 2 is 1.77 bits per heavy atom. The van der Waals surface area contributed by atoms with Gasteiger partial charge in [0.2, 0.25) is 0 Å². The molecule has 1 aliphatic heterocycles. The number of thioether (sulfide) groups is 1. The molecule has 0 aliphatic carbocycles. The number of carbonyl (C=O) groups is 1. The number of hydrogen-bond donors (Lipinski definition) is 0. The van der Waals surface area contributed by atoms with E-state index in [2.05, 4.69) is 4.99 Å². The second-order valence-electron chi connectivity index (χ2n) is 4.99. The van der Waals surface area contributed by atoms with Crippen molar-refractivity contribution in [2.45, 2.75) is 13.0 Å². The molecule has 0 fully saturated rings. The van der Waals surface area contributed by atoms with Crippen LogP contribution in [0.2, 0.25) is 5.02 Å². The predicted octanol–water partition coefficient (Wildman–Crippen LogP) is 5.31. The average molecular weight is 328 g/mol. The fraction of sp³-hybridized carbons (Fsp3) is 0.111. The molecule has 0 spiro atoms. The molecule has 1 heterocycles. The van der Waals surface area contributed by atoms with Gasteiger partial charge in [-0.25, -0.2) is 0 Å². The van der Waals surface area contributed by atoms with E-state index in [1.54, 1.807) is 0 Å². The summed E-state index contributed by atoms with van der Waals surface area (Å²) in [6.45, 7) is 1.95.